The molecule has 0 aliphatic heterocycles. The van der Waals surface area contributed by atoms with E-state index >= 15 is 0 Å². The SMILES string of the molecule is CN(C)CCCNc1cc(C(=O)O)nc2ccccc12. The van der Waals surface area contributed by atoms with Crippen LogP contribution in [0.5, 0.6) is 0 Å². The third-order valence-electron chi connectivity index (χ3n) is 3.03. The van der Waals surface area contributed by atoms with E-state index in [1.165, 1.54) is 0 Å². The fraction of sp³-hybridized carbons (Fsp3) is 0.333. The Morgan fingerprint density at radius 2 is 2.10 bits per heavy atom. The van der Waals surface area contributed by atoms with Gasteiger partial charge in [0.1, 0.15) is 0 Å². The molecule has 0 amide bonds. The lowest BCUT2D eigenvalue weighted by atomic mass is 10.1. The quantitative estimate of drug-likeness (QED) is 0.791. The number of nitrogens with one attached hydrogen (secondary N) is 1. The Bertz CT molecular complexity index is 611. The summed E-state index contributed by atoms with van der Waals surface area (Å²) in [6.45, 7) is 1.78. The smallest absolute Gasteiger partial charge is 0.354 e. The zero-order chi connectivity index (χ0) is 14.5. The van der Waals surface area contributed by atoms with E-state index in [0.29, 0.717) is 5.52 Å². The van der Waals surface area contributed by atoms with E-state index in [0.717, 1.165) is 30.6 Å². The summed E-state index contributed by atoms with van der Waals surface area (Å²) in [6, 6.07) is 9.15. The van der Waals surface area contributed by atoms with E-state index in [-0.39, 0.29) is 5.69 Å². The molecule has 0 saturated carbocycles. The van der Waals surface area contributed by atoms with Crippen LogP contribution in [0.2, 0.25) is 0 Å². The van der Waals surface area contributed by atoms with Crippen LogP contribution in [0.1, 0.15) is 16.9 Å². The van der Waals surface area contributed by atoms with E-state index in [4.69, 9.17) is 5.11 Å². The van der Waals surface area contributed by atoms with Crippen molar-refractivity contribution in [2.45, 2.75) is 6.42 Å². The van der Waals surface area contributed by atoms with Crippen LogP contribution in [0.3, 0.4) is 0 Å². The van der Waals surface area contributed by atoms with Crippen LogP contribution in [0, 0.1) is 0 Å². The lowest BCUT2D eigenvalue weighted by molar-refractivity contribution is 0.0691. The minimum absolute atomic E-state index is 0.0683. The third-order valence-corrected chi connectivity index (χ3v) is 3.03. The van der Waals surface area contributed by atoms with Gasteiger partial charge in [0.15, 0.2) is 5.69 Å². The number of fused-ring (bicyclic) bond motifs is 1. The highest BCUT2D eigenvalue weighted by molar-refractivity contribution is 5.97. The van der Waals surface area contributed by atoms with Gasteiger partial charge in [-0.25, -0.2) is 9.78 Å². The molecule has 2 aromatic rings. The van der Waals surface area contributed by atoms with Crippen molar-refractivity contribution in [2.24, 2.45) is 0 Å². The molecule has 0 unspecified atom stereocenters. The Kier molecular flexibility index (Phi) is 4.53. The average Bonchev–Trinajstić information content (AvgIpc) is 2.42. The number of aromatic carboxylic acids is 1. The van der Waals surface area contributed by atoms with Gasteiger partial charge < -0.3 is 15.3 Å². The number of rotatable bonds is 6. The van der Waals surface area contributed by atoms with E-state index in [1.54, 1.807) is 6.07 Å². The summed E-state index contributed by atoms with van der Waals surface area (Å²) >= 11 is 0. The van der Waals surface area contributed by atoms with Crippen LogP contribution in [-0.4, -0.2) is 48.1 Å². The van der Waals surface area contributed by atoms with Crippen LogP contribution < -0.4 is 5.32 Å². The molecule has 0 spiro atoms. The zero-order valence-corrected chi connectivity index (χ0v) is 11.8. The molecule has 2 N–H and O–H groups in total. The number of para-hydroxylation sites is 1. The van der Waals surface area contributed by atoms with E-state index in [9.17, 15) is 4.79 Å². The molecule has 0 radical (unpaired) electrons. The number of benzene rings is 1. The summed E-state index contributed by atoms with van der Waals surface area (Å²) in [6.07, 6.45) is 0.992. The molecule has 0 fully saturated rings. The van der Waals surface area contributed by atoms with E-state index in [1.807, 2.05) is 38.4 Å². The topological polar surface area (TPSA) is 65.5 Å². The van der Waals surface area contributed by atoms with Crippen molar-refractivity contribution in [2.75, 3.05) is 32.5 Å². The molecule has 5 heteroatoms. The van der Waals surface area contributed by atoms with Crippen molar-refractivity contribution in [3.63, 3.8) is 0 Å². The van der Waals surface area contributed by atoms with Crippen molar-refractivity contribution >= 4 is 22.6 Å². The lowest BCUT2D eigenvalue weighted by Gasteiger charge is -2.12. The number of hydrogen-bond donors (Lipinski definition) is 2. The first kappa shape index (κ1) is 14.3. The second-order valence-corrected chi connectivity index (χ2v) is 4.96. The molecule has 106 valence electrons. The Hall–Kier alpha value is -2.14. The monoisotopic (exact) mass is 273 g/mol. The van der Waals surface area contributed by atoms with E-state index < -0.39 is 5.97 Å². The summed E-state index contributed by atoms with van der Waals surface area (Å²) in [4.78, 5) is 17.4. The van der Waals surface area contributed by atoms with Crippen LogP contribution in [0.15, 0.2) is 30.3 Å². The molecular formula is C15H19N3O2. The molecular weight excluding hydrogens is 254 g/mol. The zero-order valence-electron chi connectivity index (χ0n) is 11.8. The number of aromatic nitrogens is 1. The summed E-state index contributed by atoms with van der Waals surface area (Å²) in [5.74, 6) is -1.01. The normalized spacial score (nSPS) is 10.9. The second kappa shape index (κ2) is 6.34. The number of anilines is 1. The van der Waals surface area contributed by atoms with Gasteiger partial charge in [-0.15, -0.1) is 0 Å². The minimum atomic E-state index is -1.01. The van der Waals surface area contributed by atoms with Crippen molar-refractivity contribution in [3.05, 3.63) is 36.0 Å². The van der Waals surface area contributed by atoms with Gasteiger partial charge in [-0.2, -0.15) is 0 Å². The molecule has 1 heterocycles. The highest BCUT2D eigenvalue weighted by Crippen LogP contribution is 2.23. The van der Waals surface area contributed by atoms with E-state index in [2.05, 4.69) is 15.2 Å². The number of carboxylic acid groups (broad SMARTS) is 1. The molecule has 0 aliphatic carbocycles. The van der Waals surface area contributed by atoms with Crippen molar-refractivity contribution in [3.8, 4) is 0 Å². The Morgan fingerprint density at radius 3 is 2.80 bits per heavy atom. The highest BCUT2D eigenvalue weighted by atomic mass is 16.4. The number of nitrogens with zero attached hydrogens (tertiary/aromatic N) is 2. The third kappa shape index (κ3) is 3.45. The number of hydrogen-bond acceptors (Lipinski definition) is 4. The first-order valence-electron chi connectivity index (χ1n) is 6.59. The minimum Gasteiger partial charge on any atom is -0.477 e. The van der Waals surface area contributed by atoms with Gasteiger partial charge in [-0.3, -0.25) is 0 Å². The fourth-order valence-electron chi connectivity index (χ4n) is 2.05. The fourth-order valence-corrected chi connectivity index (χ4v) is 2.05. The summed E-state index contributed by atoms with van der Waals surface area (Å²) in [7, 11) is 4.06. The molecule has 2 rings (SSSR count). The highest BCUT2D eigenvalue weighted by Gasteiger charge is 2.10. The van der Waals surface area contributed by atoms with Crippen molar-refractivity contribution < 1.29 is 9.90 Å². The predicted octanol–water partition coefficient (Wildman–Crippen LogP) is 2.30. The molecule has 1 aromatic carbocycles. The van der Waals surface area contributed by atoms with Gasteiger partial charge in [-0.05, 0) is 39.2 Å². The molecule has 0 aliphatic rings. The lowest BCUT2D eigenvalue weighted by Crippen LogP contribution is -2.16. The maximum Gasteiger partial charge on any atom is 0.354 e. The standard InChI is InChI=1S/C15H19N3O2/c1-18(2)9-5-8-16-13-10-14(15(19)20)17-12-7-4-3-6-11(12)13/h3-4,6-7,10H,5,8-9H2,1-2H3,(H,16,17)(H,19,20). The van der Waals surface area contributed by atoms with Crippen molar-refractivity contribution in [1.82, 2.24) is 9.88 Å². The largest absolute Gasteiger partial charge is 0.477 e. The molecule has 1 aromatic heterocycles. The number of carbonyl (C=O) groups is 1. The molecule has 0 atom stereocenters. The number of carboxylic acids is 1. The Labute approximate surface area is 118 Å². The van der Waals surface area contributed by atoms with Gasteiger partial charge >= 0.3 is 5.97 Å². The first-order chi connectivity index (χ1) is 9.58. The van der Waals surface area contributed by atoms with Crippen LogP contribution in [-0.2, 0) is 0 Å². The summed E-state index contributed by atoms with van der Waals surface area (Å²) in [5.41, 5.74) is 1.59. The van der Waals surface area contributed by atoms with Crippen molar-refractivity contribution in [1.29, 1.82) is 0 Å². The predicted molar refractivity (Wildman–Crippen MR) is 80.4 cm³/mol. The maximum atomic E-state index is 11.1. The first-order valence-corrected chi connectivity index (χ1v) is 6.59. The van der Waals surface area contributed by atoms with Gasteiger partial charge in [0, 0.05) is 17.6 Å². The van der Waals surface area contributed by atoms with Crippen LogP contribution in [0.4, 0.5) is 5.69 Å². The molecule has 0 bridgehead atoms. The maximum absolute atomic E-state index is 11.1. The van der Waals surface area contributed by atoms with Gasteiger partial charge in [0.25, 0.3) is 0 Å². The molecule has 0 saturated heterocycles. The van der Waals surface area contributed by atoms with Crippen LogP contribution in [0.25, 0.3) is 10.9 Å². The van der Waals surface area contributed by atoms with Crippen LogP contribution >= 0.6 is 0 Å². The Morgan fingerprint density at radius 1 is 1.35 bits per heavy atom. The van der Waals surface area contributed by atoms with Gasteiger partial charge in [0.2, 0.25) is 0 Å². The second-order valence-electron chi connectivity index (χ2n) is 4.96. The summed E-state index contributed by atoms with van der Waals surface area (Å²) < 4.78 is 0. The van der Waals surface area contributed by atoms with Gasteiger partial charge in [-0.1, -0.05) is 18.2 Å². The number of pyridine rings is 1. The molecule has 5 nitrogen and oxygen atoms in total. The van der Waals surface area contributed by atoms with Gasteiger partial charge in [0.05, 0.1) is 5.52 Å². The average molecular weight is 273 g/mol. The summed E-state index contributed by atoms with van der Waals surface area (Å²) in [5, 5.41) is 13.4. The molecule has 20 heavy (non-hydrogen) atoms. The Balaban J connectivity index is 2.23.